The minimum absolute atomic E-state index is 0.373. The summed E-state index contributed by atoms with van der Waals surface area (Å²) in [7, 11) is 1.79. The molecule has 0 atom stereocenters. The predicted molar refractivity (Wildman–Crippen MR) is 85.3 cm³/mol. The second kappa shape index (κ2) is 6.34. The maximum Gasteiger partial charge on any atom is 0.165 e. The van der Waals surface area contributed by atoms with Crippen LogP contribution in [-0.4, -0.2) is 22.1 Å². The molecule has 0 saturated carbocycles. The number of halogens is 2. The van der Waals surface area contributed by atoms with Gasteiger partial charge in [-0.05, 0) is 47.2 Å². The van der Waals surface area contributed by atoms with E-state index in [0.717, 1.165) is 27.9 Å². The molecule has 1 aromatic heterocycles. The molecule has 0 aliphatic carbocycles. The van der Waals surface area contributed by atoms with Crippen molar-refractivity contribution < 1.29 is 9.50 Å². The van der Waals surface area contributed by atoms with Crippen LogP contribution in [-0.2, 0) is 6.42 Å². The molecule has 106 valence electrons. The molecule has 0 radical (unpaired) electrons. The normalized spacial score (nSPS) is 10.6. The van der Waals surface area contributed by atoms with Gasteiger partial charge in [-0.25, -0.2) is 14.4 Å². The molecule has 0 aliphatic heterocycles. The van der Waals surface area contributed by atoms with Crippen LogP contribution in [0.2, 0.25) is 0 Å². The molecule has 2 N–H and O–H groups in total. The number of benzene rings is 1. The lowest BCUT2D eigenvalue weighted by molar-refractivity contribution is 0.432. The molecule has 0 amide bonds. The molecule has 0 bridgehead atoms. The van der Waals surface area contributed by atoms with E-state index >= 15 is 0 Å². The summed E-state index contributed by atoms with van der Waals surface area (Å²) in [6, 6.07) is 4.16. The Kier molecular flexibility index (Phi) is 4.74. The van der Waals surface area contributed by atoms with E-state index in [1.165, 1.54) is 12.1 Å². The number of phenolic OH excluding ortho intramolecular Hbond substituents is 1. The van der Waals surface area contributed by atoms with Crippen LogP contribution >= 0.6 is 22.6 Å². The number of aromatic hydroxyl groups is 1. The van der Waals surface area contributed by atoms with Gasteiger partial charge < -0.3 is 10.4 Å². The van der Waals surface area contributed by atoms with Gasteiger partial charge >= 0.3 is 0 Å². The minimum Gasteiger partial charge on any atom is -0.505 e. The second-order valence-corrected chi connectivity index (χ2v) is 5.40. The number of hydrogen-bond acceptors (Lipinski definition) is 4. The maximum atomic E-state index is 13.5. The Morgan fingerprint density at radius 2 is 2.10 bits per heavy atom. The Morgan fingerprint density at radius 3 is 2.70 bits per heavy atom. The molecule has 6 heteroatoms. The monoisotopic (exact) mass is 387 g/mol. The van der Waals surface area contributed by atoms with E-state index in [-0.39, 0.29) is 5.75 Å². The van der Waals surface area contributed by atoms with Crippen LogP contribution in [0.3, 0.4) is 0 Å². The molecule has 0 unspecified atom stereocenters. The summed E-state index contributed by atoms with van der Waals surface area (Å²) in [6.45, 7) is 2.08. The maximum absolute atomic E-state index is 13.5. The van der Waals surface area contributed by atoms with Gasteiger partial charge in [-0.2, -0.15) is 0 Å². The largest absolute Gasteiger partial charge is 0.505 e. The van der Waals surface area contributed by atoms with Gasteiger partial charge in [0.05, 0.1) is 9.26 Å². The number of aryl methyl sites for hydroxylation is 1. The molecule has 1 aromatic carbocycles. The van der Waals surface area contributed by atoms with Gasteiger partial charge in [-0.1, -0.05) is 13.3 Å². The Labute approximate surface area is 130 Å². The van der Waals surface area contributed by atoms with Crippen LogP contribution in [0.1, 0.15) is 19.0 Å². The Bertz CT molecular complexity index is 634. The number of nitrogens with zero attached hydrogens (tertiary/aromatic N) is 2. The molecule has 2 rings (SSSR count). The lowest BCUT2D eigenvalue weighted by Crippen LogP contribution is -2.05. The molecular formula is C14H15FIN3O. The molecule has 0 saturated heterocycles. The number of phenols is 1. The smallest absolute Gasteiger partial charge is 0.165 e. The van der Waals surface area contributed by atoms with E-state index < -0.39 is 5.82 Å². The van der Waals surface area contributed by atoms with Crippen molar-refractivity contribution in [2.45, 2.75) is 19.8 Å². The zero-order chi connectivity index (χ0) is 14.7. The van der Waals surface area contributed by atoms with Gasteiger partial charge in [0.1, 0.15) is 5.82 Å². The number of hydrogen-bond donors (Lipinski definition) is 2. The average Bonchev–Trinajstić information content (AvgIpc) is 2.44. The molecule has 4 nitrogen and oxygen atoms in total. The molecule has 1 heterocycles. The van der Waals surface area contributed by atoms with Crippen molar-refractivity contribution in [1.29, 1.82) is 0 Å². The third kappa shape index (κ3) is 3.00. The zero-order valence-corrected chi connectivity index (χ0v) is 13.4. The van der Waals surface area contributed by atoms with Gasteiger partial charge in [-0.3, -0.25) is 0 Å². The van der Waals surface area contributed by atoms with E-state index in [1.54, 1.807) is 13.1 Å². The fourth-order valence-corrected chi connectivity index (χ4v) is 2.62. The van der Waals surface area contributed by atoms with Gasteiger partial charge in [0, 0.05) is 12.6 Å². The summed E-state index contributed by atoms with van der Waals surface area (Å²) in [5.74, 6) is 0.138. The fraction of sp³-hybridized carbons (Fsp3) is 0.286. The van der Waals surface area contributed by atoms with Gasteiger partial charge in [-0.15, -0.1) is 0 Å². The lowest BCUT2D eigenvalue weighted by atomic mass is 10.1. The second-order valence-electron chi connectivity index (χ2n) is 4.32. The van der Waals surface area contributed by atoms with Crippen LogP contribution in [0.15, 0.2) is 18.2 Å². The standard InChI is InChI=1S/C14H15FIN3O/c1-3-4-10-12(16)14(17-2)19-13(18-10)8-5-6-11(20)9(15)7-8/h5-7,20H,3-4H2,1-2H3,(H,17,18,19). The number of nitrogens with one attached hydrogen (secondary N) is 1. The quantitative estimate of drug-likeness (QED) is 0.788. The Balaban J connectivity index is 2.55. The van der Waals surface area contributed by atoms with Crippen molar-refractivity contribution in [3.8, 4) is 17.1 Å². The fourth-order valence-electron chi connectivity index (χ4n) is 1.84. The van der Waals surface area contributed by atoms with E-state index in [0.29, 0.717) is 11.4 Å². The number of aromatic nitrogens is 2. The third-order valence-electron chi connectivity index (χ3n) is 2.85. The van der Waals surface area contributed by atoms with Gasteiger partial charge in [0.2, 0.25) is 0 Å². The van der Waals surface area contributed by atoms with Crippen molar-refractivity contribution in [3.63, 3.8) is 0 Å². The van der Waals surface area contributed by atoms with Crippen LogP contribution in [0.4, 0.5) is 10.2 Å². The lowest BCUT2D eigenvalue weighted by Gasteiger charge is -2.11. The van der Waals surface area contributed by atoms with E-state index in [1.807, 2.05) is 0 Å². The Morgan fingerprint density at radius 1 is 1.35 bits per heavy atom. The molecule has 2 aromatic rings. The summed E-state index contributed by atoms with van der Waals surface area (Å²) in [5.41, 5.74) is 1.49. The van der Waals surface area contributed by atoms with Crippen LogP contribution in [0.25, 0.3) is 11.4 Å². The SMILES string of the molecule is CCCc1nc(-c2ccc(O)c(F)c2)nc(NC)c1I. The Hall–Kier alpha value is -1.44. The van der Waals surface area contributed by atoms with Crippen LogP contribution < -0.4 is 5.32 Å². The number of rotatable bonds is 4. The first-order chi connectivity index (χ1) is 9.56. The molecule has 0 aliphatic rings. The summed E-state index contributed by atoms with van der Waals surface area (Å²) in [6.07, 6.45) is 1.81. The highest BCUT2D eigenvalue weighted by molar-refractivity contribution is 14.1. The highest BCUT2D eigenvalue weighted by Gasteiger charge is 2.13. The zero-order valence-electron chi connectivity index (χ0n) is 11.2. The van der Waals surface area contributed by atoms with Gasteiger partial charge in [0.15, 0.2) is 17.4 Å². The summed E-state index contributed by atoms with van der Waals surface area (Å²) in [4.78, 5) is 8.90. The van der Waals surface area contributed by atoms with Crippen molar-refractivity contribution in [3.05, 3.63) is 33.3 Å². The first-order valence-corrected chi connectivity index (χ1v) is 7.37. The topological polar surface area (TPSA) is 58.0 Å². The molecule has 0 fully saturated rings. The summed E-state index contributed by atoms with van der Waals surface area (Å²) < 4.78 is 14.4. The highest BCUT2D eigenvalue weighted by atomic mass is 127. The van der Waals surface area contributed by atoms with Crippen molar-refractivity contribution in [2.24, 2.45) is 0 Å². The molecular weight excluding hydrogens is 372 g/mol. The summed E-state index contributed by atoms with van der Waals surface area (Å²) in [5, 5.41) is 12.3. The third-order valence-corrected chi connectivity index (χ3v) is 3.98. The van der Waals surface area contributed by atoms with Crippen LogP contribution in [0, 0.1) is 9.39 Å². The minimum atomic E-state index is -0.673. The average molecular weight is 387 g/mol. The molecule has 0 spiro atoms. The van der Waals surface area contributed by atoms with Crippen LogP contribution in [0.5, 0.6) is 5.75 Å². The van der Waals surface area contributed by atoms with Crippen molar-refractivity contribution in [1.82, 2.24) is 9.97 Å². The highest BCUT2D eigenvalue weighted by Crippen LogP contribution is 2.27. The summed E-state index contributed by atoms with van der Waals surface area (Å²) >= 11 is 2.21. The van der Waals surface area contributed by atoms with E-state index in [4.69, 9.17) is 0 Å². The van der Waals surface area contributed by atoms with E-state index in [9.17, 15) is 9.50 Å². The number of anilines is 1. The first-order valence-electron chi connectivity index (χ1n) is 6.29. The first kappa shape index (κ1) is 15.0. The van der Waals surface area contributed by atoms with Crippen molar-refractivity contribution >= 4 is 28.4 Å². The van der Waals surface area contributed by atoms with Crippen molar-refractivity contribution in [2.75, 3.05) is 12.4 Å². The molecule has 20 heavy (non-hydrogen) atoms. The predicted octanol–water partition coefficient (Wildman–Crippen LogP) is 3.59. The van der Waals surface area contributed by atoms with Gasteiger partial charge in [0.25, 0.3) is 0 Å². The van der Waals surface area contributed by atoms with E-state index in [2.05, 4.69) is 44.8 Å².